The minimum absolute atomic E-state index is 0.0736. The second-order valence-electron chi connectivity index (χ2n) is 6.10. The first-order chi connectivity index (χ1) is 12.5. The molecule has 0 aliphatic rings. The Morgan fingerprint density at radius 2 is 1.77 bits per heavy atom. The van der Waals surface area contributed by atoms with Crippen LogP contribution in [0.4, 0.5) is 0 Å². The maximum absolute atomic E-state index is 12.3. The number of nitrogens with zero attached hydrogens (tertiary/aromatic N) is 1. The zero-order valence-corrected chi connectivity index (χ0v) is 15.4. The van der Waals surface area contributed by atoms with Crippen LogP contribution in [0.1, 0.15) is 46.5 Å². The van der Waals surface area contributed by atoms with Gasteiger partial charge in [0.2, 0.25) is 0 Å². The molecule has 0 saturated heterocycles. The first-order valence-electron chi connectivity index (χ1n) is 8.70. The van der Waals surface area contributed by atoms with Crippen LogP contribution in [-0.2, 0) is 6.42 Å². The van der Waals surface area contributed by atoms with Gasteiger partial charge in [0.15, 0.2) is 0 Å². The number of carbonyl (C=O) groups is 2. The third kappa shape index (κ3) is 5.58. The van der Waals surface area contributed by atoms with Crippen molar-refractivity contribution in [2.45, 2.75) is 32.7 Å². The van der Waals surface area contributed by atoms with Gasteiger partial charge in [0.1, 0.15) is 5.75 Å². The fourth-order valence-corrected chi connectivity index (χ4v) is 2.31. The Labute approximate surface area is 154 Å². The molecule has 0 spiro atoms. The lowest BCUT2D eigenvalue weighted by atomic mass is 10.1. The molecule has 6 nitrogen and oxygen atoms in total. The topological polar surface area (TPSA) is 80.3 Å². The fourth-order valence-electron chi connectivity index (χ4n) is 2.31. The number of pyridine rings is 1. The van der Waals surface area contributed by atoms with Gasteiger partial charge in [0.25, 0.3) is 11.8 Å². The van der Waals surface area contributed by atoms with Gasteiger partial charge in [-0.15, -0.1) is 0 Å². The Kier molecular flexibility index (Phi) is 7.14. The van der Waals surface area contributed by atoms with E-state index in [1.165, 1.54) is 12.4 Å². The van der Waals surface area contributed by atoms with Gasteiger partial charge >= 0.3 is 0 Å². The minimum atomic E-state index is -0.246. The van der Waals surface area contributed by atoms with E-state index >= 15 is 0 Å². The molecule has 0 aliphatic carbocycles. The van der Waals surface area contributed by atoms with Crippen molar-refractivity contribution in [1.29, 1.82) is 0 Å². The molecule has 2 N–H and O–H groups in total. The molecular weight excluding hydrogens is 330 g/mol. The van der Waals surface area contributed by atoms with Crippen LogP contribution in [0.3, 0.4) is 0 Å². The highest BCUT2D eigenvalue weighted by atomic mass is 16.5. The highest BCUT2D eigenvalue weighted by Crippen LogP contribution is 2.11. The average Bonchev–Trinajstić information content (AvgIpc) is 2.68. The summed E-state index contributed by atoms with van der Waals surface area (Å²) in [6.07, 6.45) is 4.47. The van der Waals surface area contributed by atoms with Crippen molar-refractivity contribution in [3.8, 4) is 5.75 Å². The van der Waals surface area contributed by atoms with Gasteiger partial charge in [-0.25, -0.2) is 0 Å². The maximum Gasteiger partial charge on any atom is 0.253 e. The highest BCUT2D eigenvalue weighted by molar-refractivity contribution is 5.99. The van der Waals surface area contributed by atoms with Gasteiger partial charge in [-0.3, -0.25) is 14.6 Å². The molecule has 1 unspecified atom stereocenters. The summed E-state index contributed by atoms with van der Waals surface area (Å²) in [6.45, 7) is 4.42. The standard InChI is InChI=1S/C20H25N3O3/c1-4-14(2)23-20(25)17-11-16(12-21-13-17)19(24)22-10-9-15-5-7-18(26-3)8-6-15/h5-8,11-14H,4,9-10H2,1-3H3,(H,22,24)(H,23,25). The van der Waals surface area contributed by atoms with Gasteiger partial charge in [-0.2, -0.15) is 0 Å². The molecule has 26 heavy (non-hydrogen) atoms. The molecular formula is C20H25N3O3. The lowest BCUT2D eigenvalue weighted by Gasteiger charge is -2.11. The van der Waals surface area contributed by atoms with Crippen molar-refractivity contribution in [1.82, 2.24) is 15.6 Å². The third-order valence-electron chi connectivity index (χ3n) is 4.11. The van der Waals surface area contributed by atoms with Gasteiger partial charge in [-0.1, -0.05) is 19.1 Å². The molecule has 2 aromatic rings. The number of methoxy groups -OCH3 is 1. The van der Waals surface area contributed by atoms with Crippen molar-refractivity contribution in [2.24, 2.45) is 0 Å². The number of amides is 2. The van der Waals surface area contributed by atoms with Crippen molar-refractivity contribution < 1.29 is 14.3 Å². The Balaban J connectivity index is 1.90. The lowest BCUT2D eigenvalue weighted by molar-refractivity contribution is 0.0939. The summed E-state index contributed by atoms with van der Waals surface area (Å²) in [6, 6.07) is 9.34. The normalized spacial score (nSPS) is 11.5. The molecule has 2 rings (SSSR count). The molecule has 1 aromatic carbocycles. The number of rotatable bonds is 8. The van der Waals surface area contributed by atoms with E-state index < -0.39 is 0 Å². The Morgan fingerprint density at radius 1 is 1.12 bits per heavy atom. The van der Waals surface area contributed by atoms with Gasteiger partial charge in [0, 0.05) is 25.0 Å². The van der Waals surface area contributed by atoms with Crippen LogP contribution in [0.15, 0.2) is 42.7 Å². The number of nitrogens with one attached hydrogen (secondary N) is 2. The van der Waals surface area contributed by atoms with E-state index in [0.29, 0.717) is 24.1 Å². The Bertz CT molecular complexity index is 744. The molecule has 6 heteroatoms. The van der Waals surface area contributed by atoms with Gasteiger partial charge < -0.3 is 15.4 Å². The van der Waals surface area contributed by atoms with Crippen molar-refractivity contribution >= 4 is 11.8 Å². The number of carbonyl (C=O) groups excluding carboxylic acids is 2. The van der Waals surface area contributed by atoms with Gasteiger partial charge in [-0.05, 0) is 43.5 Å². The SMILES string of the molecule is CCC(C)NC(=O)c1cncc(C(=O)NCCc2ccc(OC)cc2)c1. The second kappa shape index (κ2) is 9.56. The molecule has 1 heterocycles. The van der Waals surface area contributed by atoms with Crippen LogP contribution in [0.25, 0.3) is 0 Å². The second-order valence-corrected chi connectivity index (χ2v) is 6.10. The number of hydrogen-bond acceptors (Lipinski definition) is 4. The van der Waals surface area contributed by atoms with E-state index in [4.69, 9.17) is 4.74 Å². The van der Waals surface area contributed by atoms with E-state index in [0.717, 1.165) is 17.7 Å². The highest BCUT2D eigenvalue weighted by Gasteiger charge is 2.12. The summed E-state index contributed by atoms with van der Waals surface area (Å²) in [5.41, 5.74) is 1.86. The van der Waals surface area contributed by atoms with Gasteiger partial charge in [0.05, 0.1) is 18.2 Å². The quantitative estimate of drug-likeness (QED) is 0.763. The summed E-state index contributed by atoms with van der Waals surface area (Å²) in [4.78, 5) is 28.4. The van der Waals surface area contributed by atoms with E-state index in [9.17, 15) is 9.59 Å². The first kappa shape index (κ1) is 19.4. The third-order valence-corrected chi connectivity index (χ3v) is 4.11. The Morgan fingerprint density at radius 3 is 2.38 bits per heavy atom. The average molecular weight is 355 g/mol. The van der Waals surface area contributed by atoms with Crippen LogP contribution in [0.5, 0.6) is 5.75 Å². The summed E-state index contributed by atoms with van der Waals surface area (Å²) < 4.78 is 5.12. The monoisotopic (exact) mass is 355 g/mol. The van der Waals surface area contributed by atoms with Crippen LogP contribution in [0, 0.1) is 0 Å². The molecule has 138 valence electrons. The fraction of sp³-hybridized carbons (Fsp3) is 0.350. The number of benzene rings is 1. The molecule has 1 atom stereocenters. The van der Waals surface area contributed by atoms with E-state index in [1.54, 1.807) is 13.2 Å². The maximum atomic E-state index is 12.3. The number of hydrogen-bond donors (Lipinski definition) is 2. The number of aromatic nitrogens is 1. The van der Waals surface area contributed by atoms with E-state index in [-0.39, 0.29) is 17.9 Å². The summed E-state index contributed by atoms with van der Waals surface area (Å²) in [5, 5.41) is 5.72. The Hall–Kier alpha value is -2.89. The molecule has 2 amide bonds. The molecule has 0 aliphatic heterocycles. The lowest BCUT2D eigenvalue weighted by Crippen LogP contribution is -2.32. The van der Waals surface area contributed by atoms with Crippen LogP contribution in [0.2, 0.25) is 0 Å². The number of ether oxygens (including phenoxy) is 1. The van der Waals surface area contributed by atoms with Crippen LogP contribution in [-0.4, -0.2) is 36.5 Å². The first-order valence-corrected chi connectivity index (χ1v) is 8.70. The summed E-state index contributed by atoms with van der Waals surface area (Å²) in [7, 11) is 1.63. The zero-order valence-electron chi connectivity index (χ0n) is 15.4. The zero-order chi connectivity index (χ0) is 18.9. The molecule has 0 radical (unpaired) electrons. The molecule has 0 saturated carbocycles. The predicted molar refractivity (Wildman–Crippen MR) is 100 cm³/mol. The molecule has 0 bridgehead atoms. The van der Waals surface area contributed by atoms with E-state index in [2.05, 4.69) is 15.6 Å². The summed E-state index contributed by atoms with van der Waals surface area (Å²) in [5.74, 6) is 0.334. The van der Waals surface area contributed by atoms with Crippen molar-refractivity contribution in [3.63, 3.8) is 0 Å². The predicted octanol–water partition coefficient (Wildman–Crippen LogP) is 2.59. The van der Waals surface area contributed by atoms with E-state index in [1.807, 2.05) is 38.1 Å². The van der Waals surface area contributed by atoms with Crippen LogP contribution < -0.4 is 15.4 Å². The molecule has 0 fully saturated rings. The smallest absolute Gasteiger partial charge is 0.253 e. The van der Waals surface area contributed by atoms with Crippen molar-refractivity contribution in [2.75, 3.05) is 13.7 Å². The molecule has 1 aromatic heterocycles. The van der Waals surface area contributed by atoms with Crippen molar-refractivity contribution in [3.05, 3.63) is 59.4 Å². The largest absolute Gasteiger partial charge is 0.497 e. The minimum Gasteiger partial charge on any atom is -0.497 e. The summed E-state index contributed by atoms with van der Waals surface area (Å²) >= 11 is 0. The van der Waals surface area contributed by atoms with Crippen LogP contribution >= 0.6 is 0 Å².